The standard InChI is InChI=1S/C7H5F3.CH3NS/c8-7(9,10)6-4-2-1-3-5-6;2-1-3/h1-5H;1H,(H2,2,3). The maximum absolute atomic E-state index is 11.8. The lowest BCUT2D eigenvalue weighted by Gasteiger charge is -2.03. The zero-order valence-corrected chi connectivity index (χ0v) is 7.40. The van der Waals surface area contributed by atoms with E-state index < -0.39 is 11.7 Å². The fraction of sp³-hybridized carbons (Fsp3) is 0.125. The fourth-order valence-corrected chi connectivity index (χ4v) is 0.627. The lowest BCUT2D eigenvalue weighted by Crippen LogP contribution is -2.03. The molecule has 0 radical (unpaired) electrons. The van der Waals surface area contributed by atoms with Crippen molar-refractivity contribution in [1.29, 1.82) is 0 Å². The van der Waals surface area contributed by atoms with Crippen molar-refractivity contribution in [1.82, 2.24) is 0 Å². The highest BCUT2D eigenvalue weighted by atomic mass is 32.1. The Morgan fingerprint density at radius 2 is 1.54 bits per heavy atom. The van der Waals surface area contributed by atoms with Crippen molar-refractivity contribution in [3.8, 4) is 0 Å². The number of benzene rings is 1. The molecule has 13 heavy (non-hydrogen) atoms. The van der Waals surface area contributed by atoms with Crippen LogP contribution in [-0.4, -0.2) is 5.49 Å². The topological polar surface area (TPSA) is 26.0 Å². The summed E-state index contributed by atoms with van der Waals surface area (Å²) in [7, 11) is 0. The van der Waals surface area contributed by atoms with Crippen LogP contribution in [0.4, 0.5) is 13.2 Å². The Morgan fingerprint density at radius 3 is 1.77 bits per heavy atom. The van der Waals surface area contributed by atoms with E-state index >= 15 is 0 Å². The lowest BCUT2D eigenvalue weighted by molar-refractivity contribution is -0.137. The smallest absolute Gasteiger partial charge is 0.396 e. The number of rotatable bonds is 0. The van der Waals surface area contributed by atoms with Crippen molar-refractivity contribution in [3.63, 3.8) is 0 Å². The molecule has 0 saturated heterocycles. The zero-order valence-electron chi connectivity index (χ0n) is 6.58. The summed E-state index contributed by atoms with van der Waals surface area (Å²) in [6.45, 7) is 0. The average Bonchev–Trinajstić information content (AvgIpc) is 2.06. The van der Waals surface area contributed by atoms with Gasteiger partial charge in [0.1, 0.15) is 0 Å². The minimum atomic E-state index is -4.21. The van der Waals surface area contributed by atoms with Gasteiger partial charge in [0.05, 0.1) is 11.1 Å². The number of nitrogens with two attached hydrogens (primary N) is 1. The number of thiocarbonyl (C=S) groups is 1. The molecule has 0 aliphatic rings. The number of alkyl halides is 3. The minimum absolute atomic E-state index is 0.602. The highest BCUT2D eigenvalue weighted by Crippen LogP contribution is 2.28. The molecule has 0 aliphatic heterocycles. The Kier molecular flexibility index (Phi) is 5.06. The van der Waals surface area contributed by atoms with Gasteiger partial charge >= 0.3 is 6.18 Å². The van der Waals surface area contributed by atoms with Crippen LogP contribution >= 0.6 is 12.2 Å². The van der Waals surface area contributed by atoms with Gasteiger partial charge in [0, 0.05) is 0 Å². The van der Waals surface area contributed by atoms with Crippen LogP contribution in [0.25, 0.3) is 0 Å². The molecule has 0 fully saturated rings. The normalized spacial score (nSPS) is 9.77. The molecule has 0 spiro atoms. The van der Waals surface area contributed by atoms with E-state index in [1.165, 1.54) is 12.1 Å². The molecule has 0 unspecified atom stereocenters. The average molecular weight is 207 g/mol. The van der Waals surface area contributed by atoms with Crippen LogP contribution in [0.15, 0.2) is 30.3 Å². The molecule has 5 heteroatoms. The first-order valence-electron chi connectivity index (χ1n) is 3.30. The summed E-state index contributed by atoms with van der Waals surface area (Å²) in [6.07, 6.45) is -4.21. The zero-order chi connectivity index (χ0) is 10.3. The van der Waals surface area contributed by atoms with Gasteiger partial charge in [0.25, 0.3) is 0 Å². The molecule has 1 nitrogen and oxygen atoms in total. The summed E-state index contributed by atoms with van der Waals surface area (Å²) in [5, 5.41) is 0. The molecule has 1 rings (SSSR count). The summed E-state index contributed by atoms with van der Waals surface area (Å²) < 4.78 is 35.4. The van der Waals surface area contributed by atoms with Crippen LogP contribution in [-0.2, 0) is 6.18 Å². The molecule has 72 valence electrons. The second-order valence-corrected chi connectivity index (χ2v) is 2.27. The first kappa shape index (κ1) is 11.9. The molecule has 1 aromatic carbocycles. The van der Waals surface area contributed by atoms with E-state index in [2.05, 4.69) is 18.0 Å². The van der Waals surface area contributed by atoms with E-state index in [4.69, 9.17) is 0 Å². The maximum Gasteiger partial charge on any atom is 0.416 e. The Morgan fingerprint density at radius 1 is 1.15 bits per heavy atom. The number of hydrogen-bond acceptors (Lipinski definition) is 1. The van der Waals surface area contributed by atoms with Crippen LogP contribution in [0, 0.1) is 0 Å². The summed E-state index contributed by atoms with van der Waals surface area (Å²) in [6, 6.07) is 6.36. The molecular weight excluding hydrogens is 199 g/mol. The molecule has 0 atom stereocenters. The lowest BCUT2D eigenvalue weighted by atomic mass is 10.2. The molecule has 0 aromatic heterocycles. The van der Waals surface area contributed by atoms with Gasteiger partial charge < -0.3 is 5.73 Å². The molecule has 0 heterocycles. The molecule has 0 bridgehead atoms. The molecule has 2 N–H and O–H groups in total. The first-order valence-corrected chi connectivity index (χ1v) is 3.77. The summed E-state index contributed by atoms with van der Waals surface area (Å²) >= 11 is 4.05. The van der Waals surface area contributed by atoms with Gasteiger partial charge in [0.15, 0.2) is 0 Å². The Hall–Kier alpha value is -1.10. The van der Waals surface area contributed by atoms with E-state index in [9.17, 15) is 13.2 Å². The van der Waals surface area contributed by atoms with Crippen LogP contribution in [0.2, 0.25) is 0 Å². The van der Waals surface area contributed by atoms with E-state index in [-0.39, 0.29) is 0 Å². The van der Waals surface area contributed by atoms with E-state index in [0.29, 0.717) is 0 Å². The predicted octanol–water partition coefficient (Wildman–Crippen LogP) is 2.61. The van der Waals surface area contributed by atoms with Gasteiger partial charge in [0.2, 0.25) is 0 Å². The summed E-state index contributed by atoms with van der Waals surface area (Å²) in [5.74, 6) is 0. The third-order valence-corrected chi connectivity index (χ3v) is 1.10. The largest absolute Gasteiger partial charge is 0.416 e. The third-order valence-electron chi connectivity index (χ3n) is 1.10. The minimum Gasteiger partial charge on any atom is -0.396 e. The first-order chi connectivity index (χ1) is 6.02. The highest BCUT2D eigenvalue weighted by molar-refractivity contribution is 7.78. The van der Waals surface area contributed by atoms with Crippen molar-refractivity contribution in [2.45, 2.75) is 6.18 Å². The van der Waals surface area contributed by atoms with Gasteiger partial charge in [-0.25, -0.2) is 0 Å². The quantitative estimate of drug-likeness (QED) is 0.662. The Bertz CT molecular complexity index is 245. The molecule has 0 aliphatic carbocycles. The molecule has 1 aromatic rings. The van der Waals surface area contributed by atoms with Crippen molar-refractivity contribution in [2.75, 3.05) is 0 Å². The number of hydrogen-bond donors (Lipinski definition) is 1. The maximum atomic E-state index is 11.8. The second kappa shape index (κ2) is 5.53. The van der Waals surface area contributed by atoms with E-state index in [1.807, 2.05) is 0 Å². The monoisotopic (exact) mass is 207 g/mol. The fourth-order valence-electron chi connectivity index (χ4n) is 0.627. The number of halogens is 3. The molecule has 0 amide bonds. The van der Waals surface area contributed by atoms with Gasteiger partial charge in [-0.15, -0.1) is 0 Å². The molecule has 0 saturated carbocycles. The van der Waals surface area contributed by atoms with E-state index in [0.717, 1.165) is 17.6 Å². The van der Waals surface area contributed by atoms with Gasteiger partial charge in [-0.05, 0) is 0 Å². The van der Waals surface area contributed by atoms with Crippen molar-refractivity contribution in [3.05, 3.63) is 35.9 Å². The van der Waals surface area contributed by atoms with Crippen molar-refractivity contribution < 1.29 is 13.2 Å². The van der Waals surface area contributed by atoms with Crippen LogP contribution in [0.5, 0.6) is 0 Å². The Balaban J connectivity index is 0.000000424. The van der Waals surface area contributed by atoms with Gasteiger partial charge in [-0.3, -0.25) is 0 Å². The van der Waals surface area contributed by atoms with E-state index in [1.54, 1.807) is 6.07 Å². The summed E-state index contributed by atoms with van der Waals surface area (Å²) in [5.41, 5.74) is 5.02. The van der Waals surface area contributed by atoms with Crippen LogP contribution in [0.1, 0.15) is 5.56 Å². The van der Waals surface area contributed by atoms with Crippen LogP contribution < -0.4 is 5.73 Å². The van der Waals surface area contributed by atoms with Gasteiger partial charge in [-0.1, -0.05) is 42.5 Å². The van der Waals surface area contributed by atoms with Crippen LogP contribution in [0.3, 0.4) is 0 Å². The SMILES string of the molecule is FC(F)(F)c1ccccc1.NC=S. The molecular formula is C8H8F3NS. The van der Waals surface area contributed by atoms with Crippen molar-refractivity contribution in [2.24, 2.45) is 5.73 Å². The summed E-state index contributed by atoms with van der Waals surface area (Å²) in [4.78, 5) is 0. The Labute approximate surface area is 79.4 Å². The van der Waals surface area contributed by atoms with Crippen molar-refractivity contribution >= 4 is 17.7 Å². The second-order valence-electron chi connectivity index (χ2n) is 2.00. The predicted molar refractivity (Wildman–Crippen MR) is 49.3 cm³/mol. The third kappa shape index (κ3) is 5.19. The highest BCUT2D eigenvalue weighted by Gasteiger charge is 2.29. The van der Waals surface area contributed by atoms with Gasteiger partial charge in [-0.2, -0.15) is 13.2 Å².